The molecule has 21 heavy (non-hydrogen) atoms. The third-order valence-electron chi connectivity index (χ3n) is 3.52. The Morgan fingerprint density at radius 1 is 1.14 bits per heavy atom. The molecule has 0 spiro atoms. The zero-order valence-corrected chi connectivity index (χ0v) is 11.3. The van der Waals surface area contributed by atoms with Gasteiger partial charge in [0.25, 0.3) is 0 Å². The highest BCUT2D eigenvalue weighted by atomic mass is 19.2. The standard InChI is InChI=1S/C16H14F2N2O/c17-13-6-5-12(9-14(13)18)19-16(21)10-20-8-7-11-3-1-2-4-15(11)20/h1-6,9H,7-8,10H2,(H,19,21). The van der Waals surface area contributed by atoms with Gasteiger partial charge in [0.1, 0.15) is 0 Å². The van der Waals surface area contributed by atoms with E-state index in [1.54, 1.807) is 0 Å². The van der Waals surface area contributed by atoms with Crippen molar-refractivity contribution in [1.82, 2.24) is 0 Å². The summed E-state index contributed by atoms with van der Waals surface area (Å²) < 4.78 is 25.9. The smallest absolute Gasteiger partial charge is 0.243 e. The van der Waals surface area contributed by atoms with Crippen molar-refractivity contribution in [3.63, 3.8) is 0 Å². The molecule has 2 aromatic rings. The molecule has 2 aromatic carbocycles. The van der Waals surface area contributed by atoms with Crippen LogP contribution in [0.1, 0.15) is 5.56 Å². The van der Waals surface area contributed by atoms with Crippen LogP contribution in [0.25, 0.3) is 0 Å². The zero-order chi connectivity index (χ0) is 14.8. The van der Waals surface area contributed by atoms with Gasteiger partial charge in [0.05, 0.1) is 6.54 Å². The van der Waals surface area contributed by atoms with E-state index in [1.165, 1.54) is 11.6 Å². The number of hydrogen-bond acceptors (Lipinski definition) is 2. The Kier molecular flexibility index (Phi) is 3.56. The minimum absolute atomic E-state index is 0.190. The monoisotopic (exact) mass is 288 g/mol. The van der Waals surface area contributed by atoms with E-state index in [0.29, 0.717) is 0 Å². The number of para-hydroxylation sites is 1. The third-order valence-corrected chi connectivity index (χ3v) is 3.52. The van der Waals surface area contributed by atoms with Crippen LogP contribution >= 0.6 is 0 Å². The highest BCUT2D eigenvalue weighted by Gasteiger charge is 2.20. The SMILES string of the molecule is O=C(CN1CCc2ccccc21)Nc1ccc(F)c(F)c1. The van der Waals surface area contributed by atoms with Gasteiger partial charge in [-0.1, -0.05) is 18.2 Å². The Labute approximate surface area is 121 Å². The Morgan fingerprint density at radius 3 is 2.76 bits per heavy atom. The fourth-order valence-corrected chi connectivity index (χ4v) is 2.52. The minimum Gasteiger partial charge on any atom is -0.362 e. The predicted octanol–water partition coefficient (Wildman–Crippen LogP) is 2.97. The van der Waals surface area contributed by atoms with Crippen molar-refractivity contribution in [2.24, 2.45) is 0 Å². The van der Waals surface area contributed by atoms with E-state index in [2.05, 4.69) is 5.32 Å². The number of carbonyl (C=O) groups is 1. The maximum atomic E-state index is 13.1. The van der Waals surface area contributed by atoms with Gasteiger partial charge in [0, 0.05) is 24.0 Å². The van der Waals surface area contributed by atoms with E-state index >= 15 is 0 Å². The molecule has 3 rings (SSSR count). The molecule has 0 saturated heterocycles. The van der Waals surface area contributed by atoms with Crippen molar-refractivity contribution < 1.29 is 13.6 Å². The van der Waals surface area contributed by atoms with Crippen molar-refractivity contribution in [2.75, 3.05) is 23.3 Å². The molecule has 0 radical (unpaired) electrons. The summed E-state index contributed by atoms with van der Waals surface area (Å²) in [5, 5.41) is 2.58. The average molecular weight is 288 g/mol. The fraction of sp³-hybridized carbons (Fsp3) is 0.188. The van der Waals surface area contributed by atoms with Crippen LogP contribution in [0.3, 0.4) is 0 Å². The summed E-state index contributed by atoms with van der Waals surface area (Å²) in [5.41, 5.74) is 2.53. The first-order valence-electron chi connectivity index (χ1n) is 6.71. The van der Waals surface area contributed by atoms with E-state index in [1.807, 2.05) is 29.2 Å². The summed E-state index contributed by atoms with van der Waals surface area (Å²) >= 11 is 0. The van der Waals surface area contributed by atoms with Crippen LogP contribution in [0.15, 0.2) is 42.5 Å². The molecule has 0 atom stereocenters. The molecule has 0 unspecified atom stereocenters. The lowest BCUT2D eigenvalue weighted by molar-refractivity contribution is -0.115. The van der Waals surface area contributed by atoms with Crippen molar-refractivity contribution in [2.45, 2.75) is 6.42 Å². The van der Waals surface area contributed by atoms with Crippen molar-refractivity contribution in [3.8, 4) is 0 Å². The van der Waals surface area contributed by atoms with Gasteiger partial charge in [-0.3, -0.25) is 4.79 Å². The molecule has 1 amide bonds. The second-order valence-corrected chi connectivity index (χ2v) is 4.98. The quantitative estimate of drug-likeness (QED) is 0.941. The molecule has 1 aliphatic rings. The van der Waals surface area contributed by atoms with E-state index in [0.717, 1.165) is 30.8 Å². The molecule has 0 bridgehead atoms. The van der Waals surface area contributed by atoms with Gasteiger partial charge in [0.2, 0.25) is 5.91 Å². The minimum atomic E-state index is -0.973. The molecule has 0 aromatic heterocycles. The number of rotatable bonds is 3. The third kappa shape index (κ3) is 2.86. The molecule has 0 aliphatic carbocycles. The van der Waals surface area contributed by atoms with Gasteiger partial charge < -0.3 is 10.2 Å². The van der Waals surface area contributed by atoms with Crippen LogP contribution < -0.4 is 10.2 Å². The second kappa shape index (κ2) is 5.52. The molecule has 3 nitrogen and oxygen atoms in total. The Hall–Kier alpha value is -2.43. The number of carbonyl (C=O) groups excluding carboxylic acids is 1. The first-order chi connectivity index (χ1) is 10.1. The van der Waals surface area contributed by atoms with E-state index < -0.39 is 11.6 Å². The van der Waals surface area contributed by atoms with Gasteiger partial charge in [-0.15, -0.1) is 0 Å². The fourth-order valence-electron chi connectivity index (χ4n) is 2.52. The second-order valence-electron chi connectivity index (χ2n) is 4.98. The van der Waals surface area contributed by atoms with Gasteiger partial charge in [-0.05, 0) is 30.2 Å². The van der Waals surface area contributed by atoms with Crippen LogP contribution in [0.5, 0.6) is 0 Å². The molecular formula is C16H14F2N2O. The summed E-state index contributed by atoms with van der Waals surface area (Å²) in [5.74, 6) is -2.15. The topological polar surface area (TPSA) is 32.3 Å². The summed E-state index contributed by atoms with van der Waals surface area (Å²) in [6.07, 6.45) is 0.911. The first-order valence-corrected chi connectivity index (χ1v) is 6.71. The molecule has 1 aliphatic heterocycles. The van der Waals surface area contributed by atoms with Crippen LogP contribution in [0, 0.1) is 11.6 Å². The number of amides is 1. The van der Waals surface area contributed by atoms with Crippen LogP contribution in [-0.4, -0.2) is 19.0 Å². The number of anilines is 2. The number of nitrogens with zero attached hydrogens (tertiary/aromatic N) is 1. The number of benzene rings is 2. The van der Waals surface area contributed by atoms with E-state index in [9.17, 15) is 13.6 Å². The maximum Gasteiger partial charge on any atom is 0.243 e. The Morgan fingerprint density at radius 2 is 1.95 bits per heavy atom. The molecular weight excluding hydrogens is 274 g/mol. The highest BCUT2D eigenvalue weighted by molar-refractivity contribution is 5.94. The lowest BCUT2D eigenvalue weighted by Gasteiger charge is -2.18. The van der Waals surface area contributed by atoms with Gasteiger partial charge >= 0.3 is 0 Å². The van der Waals surface area contributed by atoms with Gasteiger partial charge in [-0.2, -0.15) is 0 Å². The summed E-state index contributed by atoms with van der Waals surface area (Å²) in [6.45, 7) is 0.973. The maximum absolute atomic E-state index is 13.1. The Bertz CT molecular complexity index is 688. The predicted molar refractivity (Wildman–Crippen MR) is 77.3 cm³/mol. The van der Waals surface area contributed by atoms with E-state index in [4.69, 9.17) is 0 Å². The van der Waals surface area contributed by atoms with E-state index in [-0.39, 0.29) is 18.1 Å². The molecule has 0 fully saturated rings. The molecule has 108 valence electrons. The number of halogens is 2. The Balaban J connectivity index is 1.66. The summed E-state index contributed by atoms with van der Waals surface area (Å²) in [6, 6.07) is 11.2. The van der Waals surface area contributed by atoms with Crippen LogP contribution in [-0.2, 0) is 11.2 Å². The summed E-state index contributed by atoms with van der Waals surface area (Å²) in [4.78, 5) is 14.0. The first kappa shape index (κ1) is 13.5. The van der Waals surface area contributed by atoms with Crippen molar-refractivity contribution >= 4 is 17.3 Å². The normalized spacial score (nSPS) is 13.1. The number of fused-ring (bicyclic) bond motifs is 1. The molecule has 1 heterocycles. The summed E-state index contributed by atoms with van der Waals surface area (Å²) in [7, 11) is 0. The van der Waals surface area contributed by atoms with Crippen molar-refractivity contribution in [1.29, 1.82) is 0 Å². The molecule has 0 saturated carbocycles. The largest absolute Gasteiger partial charge is 0.362 e. The van der Waals surface area contributed by atoms with Crippen LogP contribution in [0.2, 0.25) is 0 Å². The average Bonchev–Trinajstić information content (AvgIpc) is 2.86. The van der Waals surface area contributed by atoms with Gasteiger partial charge in [-0.25, -0.2) is 8.78 Å². The molecule has 1 N–H and O–H groups in total. The van der Waals surface area contributed by atoms with Crippen LogP contribution in [0.4, 0.5) is 20.2 Å². The molecule has 5 heteroatoms. The van der Waals surface area contributed by atoms with Gasteiger partial charge in [0.15, 0.2) is 11.6 Å². The highest BCUT2D eigenvalue weighted by Crippen LogP contribution is 2.27. The zero-order valence-electron chi connectivity index (χ0n) is 11.3. The van der Waals surface area contributed by atoms with Crippen molar-refractivity contribution in [3.05, 3.63) is 59.7 Å². The number of nitrogens with one attached hydrogen (secondary N) is 1. The lowest BCUT2D eigenvalue weighted by Crippen LogP contribution is -2.31. The number of hydrogen-bond donors (Lipinski definition) is 1. The lowest BCUT2D eigenvalue weighted by atomic mass is 10.2.